The van der Waals surface area contributed by atoms with Crippen molar-refractivity contribution >= 4 is 0 Å². The molecule has 0 saturated heterocycles. The van der Waals surface area contributed by atoms with Crippen LogP contribution in [0.25, 0.3) is 0 Å². The molecule has 102 valence electrons. The van der Waals surface area contributed by atoms with Crippen LogP contribution in [0.5, 0.6) is 0 Å². The number of nitrogens with one attached hydrogen (secondary N) is 1. The Bertz CT molecular complexity index is 388. The van der Waals surface area contributed by atoms with Crippen molar-refractivity contribution in [2.45, 2.75) is 38.8 Å². The Morgan fingerprint density at radius 3 is 2.44 bits per heavy atom. The van der Waals surface area contributed by atoms with Gasteiger partial charge >= 0.3 is 0 Å². The van der Waals surface area contributed by atoms with Crippen LogP contribution in [0.2, 0.25) is 0 Å². The molecular formula is C14H21F2NO. The third kappa shape index (κ3) is 5.10. The van der Waals surface area contributed by atoms with Gasteiger partial charge in [-0.15, -0.1) is 0 Å². The number of halogens is 2. The third-order valence-electron chi connectivity index (χ3n) is 2.61. The normalized spacial score (nSPS) is 13.7. The van der Waals surface area contributed by atoms with Gasteiger partial charge in [-0.1, -0.05) is 6.07 Å². The summed E-state index contributed by atoms with van der Waals surface area (Å²) >= 11 is 0. The molecule has 1 aromatic carbocycles. The number of hydrogen-bond acceptors (Lipinski definition) is 2. The molecule has 0 spiro atoms. The van der Waals surface area contributed by atoms with Gasteiger partial charge in [0.25, 0.3) is 0 Å². The van der Waals surface area contributed by atoms with E-state index in [1.165, 1.54) is 12.1 Å². The average molecular weight is 257 g/mol. The fourth-order valence-corrected chi connectivity index (χ4v) is 1.55. The van der Waals surface area contributed by atoms with E-state index < -0.39 is 11.6 Å². The molecule has 0 aliphatic rings. The van der Waals surface area contributed by atoms with E-state index in [2.05, 4.69) is 5.32 Å². The summed E-state index contributed by atoms with van der Waals surface area (Å²) in [6, 6.07) is 3.67. The van der Waals surface area contributed by atoms with Gasteiger partial charge in [-0.2, -0.15) is 0 Å². The summed E-state index contributed by atoms with van der Waals surface area (Å²) in [5.74, 6) is -1.06. The molecule has 0 radical (unpaired) electrons. The van der Waals surface area contributed by atoms with E-state index in [0.29, 0.717) is 18.6 Å². The lowest BCUT2D eigenvalue weighted by Crippen LogP contribution is -2.36. The lowest BCUT2D eigenvalue weighted by atomic mass is 10.1. The van der Waals surface area contributed by atoms with Crippen molar-refractivity contribution in [3.63, 3.8) is 0 Å². The van der Waals surface area contributed by atoms with Crippen LogP contribution in [0.1, 0.15) is 26.3 Å². The van der Waals surface area contributed by atoms with Crippen molar-refractivity contribution in [2.75, 3.05) is 13.7 Å². The first-order valence-electron chi connectivity index (χ1n) is 6.07. The Morgan fingerprint density at radius 1 is 1.28 bits per heavy atom. The molecule has 0 bridgehead atoms. The molecule has 1 N–H and O–H groups in total. The predicted molar refractivity (Wildman–Crippen MR) is 68.6 cm³/mol. The number of benzene rings is 1. The third-order valence-corrected chi connectivity index (χ3v) is 2.61. The lowest BCUT2D eigenvalue weighted by molar-refractivity contribution is -0.0135. The van der Waals surface area contributed by atoms with Gasteiger partial charge in [-0.25, -0.2) is 8.78 Å². The van der Waals surface area contributed by atoms with Crippen molar-refractivity contribution in [2.24, 2.45) is 0 Å². The maximum absolute atomic E-state index is 13.5. The fraction of sp³-hybridized carbons (Fsp3) is 0.571. The van der Waals surface area contributed by atoms with Gasteiger partial charge in [0.05, 0.1) is 12.2 Å². The maximum Gasteiger partial charge on any atom is 0.129 e. The first-order chi connectivity index (χ1) is 8.31. The van der Waals surface area contributed by atoms with E-state index in [1.807, 2.05) is 20.8 Å². The van der Waals surface area contributed by atoms with E-state index in [1.54, 1.807) is 7.05 Å². The molecule has 1 unspecified atom stereocenters. The first-order valence-corrected chi connectivity index (χ1v) is 6.07. The van der Waals surface area contributed by atoms with Gasteiger partial charge < -0.3 is 10.1 Å². The minimum Gasteiger partial charge on any atom is -0.374 e. The van der Waals surface area contributed by atoms with Crippen LogP contribution in [-0.2, 0) is 11.2 Å². The van der Waals surface area contributed by atoms with Crippen molar-refractivity contribution < 1.29 is 13.5 Å². The van der Waals surface area contributed by atoms with Gasteiger partial charge in [0, 0.05) is 12.1 Å². The Balaban J connectivity index is 2.62. The van der Waals surface area contributed by atoms with Crippen LogP contribution < -0.4 is 5.32 Å². The smallest absolute Gasteiger partial charge is 0.129 e. The summed E-state index contributed by atoms with van der Waals surface area (Å²) in [6.45, 7) is 6.39. The average Bonchev–Trinajstić information content (AvgIpc) is 2.25. The van der Waals surface area contributed by atoms with E-state index >= 15 is 0 Å². The van der Waals surface area contributed by atoms with E-state index in [-0.39, 0.29) is 11.6 Å². The summed E-state index contributed by atoms with van der Waals surface area (Å²) in [5, 5.41) is 3.08. The highest BCUT2D eigenvalue weighted by Gasteiger charge is 2.16. The molecule has 0 heterocycles. The second-order valence-corrected chi connectivity index (χ2v) is 5.35. The van der Waals surface area contributed by atoms with Gasteiger partial charge in [-0.05, 0) is 45.9 Å². The highest BCUT2D eigenvalue weighted by atomic mass is 19.1. The highest BCUT2D eigenvalue weighted by Crippen LogP contribution is 2.13. The SMILES string of the molecule is CNC(COC(C)(C)C)Cc1ccc(F)cc1F. The molecule has 0 aromatic heterocycles. The molecule has 0 amide bonds. The second kappa shape index (κ2) is 6.25. The van der Waals surface area contributed by atoms with Crippen molar-refractivity contribution in [1.82, 2.24) is 5.32 Å². The van der Waals surface area contributed by atoms with E-state index in [4.69, 9.17) is 4.74 Å². The Labute approximate surface area is 107 Å². The summed E-state index contributed by atoms with van der Waals surface area (Å²) in [4.78, 5) is 0. The molecule has 0 aliphatic carbocycles. The lowest BCUT2D eigenvalue weighted by Gasteiger charge is -2.24. The molecule has 0 fully saturated rings. The molecule has 18 heavy (non-hydrogen) atoms. The van der Waals surface area contributed by atoms with Gasteiger partial charge in [0.1, 0.15) is 11.6 Å². The minimum absolute atomic E-state index is 0.00388. The van der Waals surface area contributed by atoms with Crippen LogP contribution >= 0.6 is 0 Å². The summed E-state index contributed by atoms with van der Waals surface area (Å²) in [7, 11) is 1.80. The summed E-state index contributed by atoms with van der Waals surface area (Å²) in [6.07, 6.45) is 0.471. The Kier molecular flexibility index (Phi) is 5.23. The van der Waals surface area contributed by atoms with Gasteiger partial charge in [0.2, 0.25) is 0 Å². The zero-order valence-corrected chi connectivity index (χ0v) is 11.4. The molecule has 0 saturated carbocycles. The topological polar surface area (TPSA) is 21.3 Å². The quantitative estimate of drug-likeness (QED) is 0.875. The summed E-state index contributed by atoms with van der Waals surface area (Å²) in [5.41, 5.74) is 0.268. The molecule has 1 rings (SSSR count). The molecular weight excluding hydrogens is 236 g/mol. The highest BCUT2D eigenvalue weighted by molar-refractivity contribution is 5.19. The largest absolute Gasteiger partial charge is 0.374 e. The van der Waals surface area contributed by atoms with Crippen molar-refractivity contribution in [1.29, 1.82) is 0 Å². The number of rotatable bonds is 5. The van der Waals surface area contributed by atoms with Crippen LogP contribution in [0, 0.1) is 11.6 Å². The summed E-state index contributed by atoms with van der Waals surface area (Å²) < 4.78 is 32.0. The molecule has 4 heteroatoms. The predicted octanol–water partition coefficient (Wildman–Crippen LogP) is 2.91. The van der Waals surface area contributed by atoms with Crippen LogP contribution in [-0.4, -0.2) is 25.3 Å². The number of hydrogen-bond donors (Lipinski definition) is 1. The molecule has 1 aromatic rings. The van der Waals surface area contributed by atoms with E-state index in [0.717, 1.165) is 6.07 Å². The molecule has 0 aliphatic heterocycles. The van der Waals surface area contributed by atoms with Crippen LogP contribution in [0.4, 0.5) is 8.78 Å². The zero-order valence-electron chi connectivity index (χ0n) is 11.4. The monoisotopic (exact) mass is 257 g/mol. The fourth-order valence-electron chi connectivity index (χ4n) is 1.55. The Morgan fingerprint density at radius 2 is 1.94 bits per heavy atom. The minimum atomic E-state index is -0.553. The van der Waals surface area contributed by atoms with E-state index in [9.17, 15) is 8.78 Å². The van der Waals surface area contributed by atoms with Crippen molar-refractivity contribution in [3.05, 3.63) is 35.4 Å². The maximum atomic E-state index is 13.5. The number of likely N-dealkylation sites (N-methyl/N-ethyl adjacent to an activating group) is 1. The van der Waals surface area contributed by atoms with Crippen LogP contribution in [0.3, 0.4) is 0 Å². The van der Waals surface area contributed by atoms with Gasteiger partial charge in [-0.3, -0.25) is 0 Å². The number of ether oxygens (including phenoxy) is 1. The Hall–Kier alpha value is -1.00. The molecule has 1 atom stereocenters. The zero-order chi connectivity index (χ0) is 13.8. The van der Waals surface area contributed by atoms with Crippen molar-refractivity contribution in [3.8, 4) is 0 Å². The first kappa shape index (κ1) is 15.1. The van der Waals surface area contributed by atoms with Gasteiger partial charge in [0.15, 0.2) is 0 Å². The second-order valence-electron chi connectivity index (χ2n) is 5.35. The standard InChI is InChI=1S/C14H21F2NO/c1-14(2,3)18-9-12(17-4)7-10-5-6-11(15)8-13(10)16/h5-6,8,12,17H,7,9H2,1-4H3. The van der Waals surface area contributed by atoms with Crippen LogP contribution in [0.15, 0.2) is 18.2 Å². The molecule has 2 nitrogen and oxygen atoms in total.